The van der Waals surface area contributed by atoms with Crippen LogP contribution in [-0.2, 0) is 0 Å². The molecule has 3 nitrogen and oxygen atoms in total. The maximum Gasteiger partial charge on any atom is 0.338 e. The summed E-state index contributed by atoms with van der Waals surface area (Å²) in [5.74, 6) is -2.02. The van der Waals surface area contributed by atoms with Gasteiger partial charge >= 0.3 is 5.97 Å². The van der Waals surface area contributed by atoms with Gasteiger partial charge in [0.15, 0.2) is 0 Å². The van der Waals surface area contributed by atoms with Crippen LogP contribution < -0.4 is 4.90 Å². The van der Waals surface area contributed by atoms with E-state index < -0.39 is 11.8 Å². The second-order valence-corrected chi connectivity index (χ2v) is 5.25. The lowest BCUT2D eigenvalue weighted by atomic mass is 10.1. The molecule has 0 aliphatic heterocycles. The Bertz CT molecular complexity index is 675. The van der Waals surface area contributed by atoms with Crippen molar-refractivity contribution in [3.05, 3.63) is 64.4 Å². The number of hydrogen-bond acceptors (Lipinski definition) is 2. The number of hydrogen-bond donors (Lipinski definition) is 1. The zero-order chi connectivity index (χ0) is 15.6. The van der Waals surface area contributed by atoms with Crippen molar-refractivity contribution in [3.8, 4) is 0 Å². The molecule has 2 aromatic rings. The highest BCUT2D eigenvalue weighted by atomic mass is 35.5. The predicted molar refractivity (Wildman–Crippen MR) is 81.6 cm³/mol. The minimum atomic E-state index is -1.27. The van der Waals surface area contributed by atoms with Crippen LogP contribution in [0.25, 0.3) is 0 Å². The standard InChI is InChI=1S/C16H15ClFNO2/c1-10(11-4-3-5-12(17)8-11)19(2)13-6-7-14(16(20)21)15(18)9-13/h3-10H,1-2H3,(H,20,21). The average molecular weight is 308 g/mol. The van der Waals surface area contributed by atoms with Crippen LogP contribution in [0.3, 0.4) is 0 Å². The number of carboxylic acids is 1. The molecule has 110 valence electrons. The van der Waals surface area contributed by atoms with Crippen LogP contribution in [0, 0.1) is 5.82 Å². The van der Waals surface area contributed by atoms with E-state index in [2.05, 4.69) is 0 Å². The van der Waals surface area contributed by atoms with Crippen LogP contribution in [-0.4, -0.2) is 18.1 Å². The minimum Gasteiger partial charge on any atom is -0.478 e. The number of rotatable bonds is 4. The van der Waals surface area contributed by atoms with E-state index in [1.807, 2.05) is 37.1 Å². The van der Waals surface area contributed by atoms with Gasteiger partial charge in [0.2, 0.25) is 0 Å². The van der Waals surface area contributed by atoms with Crippen LogP contribution >= 0.6 is 11.6 Å². The molecular formula is C16H15ClFNO2. The Morgan fingerprint density at radius 3 is 2.57 bits per heavy atom. The Balaban J connectivity index is 2.29. The molecular weight excluding hydrogens is 293 g/mol. The molecule has 0 radical (unpaired) electrons. The van der Waals surface area contributed by atoms with E-state index in [0.717, 1.165) is 5.56 Å². The van der Waals surface area contributed by atoms with Crippen molar-refractivity contribution in [2.75, 3.05) is 11.9 Å². The first-order valence-corrected chi connectivity index (χ1v) is 6.79. The first-order valence-electron chi connectivity index (χ1n) is 6.41. The van der Waals surface area contributed by atoms with E-state index in [4.69, 9.17) is 16.7 Å². The van der Waals surface area contributed by atoms with Crippen LogP contribution in [0.5, 0.6) is 0 Å². The van der Waals surface area contributed by atoms with Gasteiger partial charge in [0.25, 0.3) is 0 Å². The second kappa shape index (κ2) is 6.14. The van der Waals surface area contributed by atoms with Gasteiger partial charge in [-0.25, -0.2) is 9.18 Å². The number of carbonyl (C=O) groups is 1. The van der Waals surface area contributed by atoms with Crippen LogP contribution in [0.15, 0.2) is 42.5 Å². The Hall–Kier alpha value is -2.07. The first-order chi connectivity index (χ1) is 9.90. The lowest BCUT2D eigenvalue weighted by molar-refractivity contribution is 0.0692. The molecule has 1 N–H and O–H groups in total. The molecule has 0 heterocycles. The Morgan fingerprint density at radius 1 is 1.29 bits per heavy atom. The molecule has 0 saturated carbocycles. The molecule has 0 spiro atoms. The van der Waals surface area contributed by atoms with Crippen LogP contribution in [0.2, 0.25) is 5.02 Å². The largest absolute Gasteiger partial charge is 0.478 e. The summed E-state index contributed by atoms with van der Waals surface area (Å²) in [6.45, 7) is 1.97. The maximum absolute atomic E-state index is 13.8. The van der Waals surface area contributed by atoms with Crippen molar-refractivity contribution in [3.63, 3.8) is 0 Å². The molecule has 2 rings (SSSR count). The Labute approximate surface area is 127 Å². The average Bonchev–Trinajstić information content (AvgIpc) is 2.45. The molecule has 5 heteroatoms. The van der Waals surface area contributed by atoms with Crippen molar-refractivity contribution in [2.24, 2.45) is 0 Å². The monoisotopic (exact) mass is 307 g/mol. The predicted octanol–water partition coefficient (Wildman–Crippen LogP) is 4.37. The third-order valence-electron chi connectivity index (χ3n) is 3.50. The van der Waals surface area contributed by atoms with Crippen molar-refractivity contribution in [2.45, 2.75) is 13.0 Å². The van der Waals surface area contributed by atoms with Crippen molar-refractivity contribution in [1.29, 1.82) is 0 Å². The second-order valence-electron chi connectivity index (χ2n) is 4.81. The number of anilines is 1. The summed E-state index contributed by atoms with van der Waals surface area (Å²) < 4.78 is 13.8. The Morgan fingerprint density at radius 2 is 2.00 bits per heavy atom. The molecule has 0 aromatic heterocycles. The summed E-state index contributed by atoms with van der Waals surface area (Å²) in [4.78, 5) is 12.7. The molecule has 0 fully saturated rings. The molecule has 0 bridgehead atoms. The number of halogens is 2. The van der Waals surface area contributed by atoms with Gasteiger partial charge in [-0.15, -0.1) is 0 Å². The molecule has 1 atom stereocenters. The summed E-state index contributed by atoms with van der Waals surface area (Å²) in [5.41, 5.74) is 1.26. The topological polar surface area (TPSA) is 40.5 Å². The van der Waals surface area contributed by atoms with E-state index in [9.17, 15) is 9.18 Å². The van der Waals surface area contributed by atoms with Crippen LogP contribution in [0.4, 0.5) is 10.1 Å². The summed E-state index contributed by atoms with van der Waals surface area (Å²) >= 11 is 5.98. The van der Waals surface area contributed by atoms with E-state index >= 15 is 0 Å². The van der Waals surface area contributed by atoms with Gasteiger partial charge in [-0.05, 0) is 42.8 Å². The third kappa shape index (κ3) is 3.34. The molecule has 2 aromatic carbocycles. The van der Waals surface area contributed by atoms with Gasteiger partial charge in [0, 0.05) is 17.8 Å². The van der Waals surface area contributed by atoms with Gasteiger partial charge in [-0.1, -0.05) is 23.7 Å². The lowest BCUT2D eigenvalue weighted by Crippen LogP contribution is -2.22. The highest BCUT2D eigenvalue weighted by Crippen LogP contribution is 2.28. The quantitative estimate of drug-likeness (QED) is 0.911. The van der Waals surface area contributed by atoms with E-state index in [1.54, 1.807) is 12.1 Å². The van der Waals surface area contributed by atoms with Gasteiger partial charge < -0.3 is 10.0 Å². The van der Waals surface area contributed by atoms with E-state index in [0.29, 0.717) is 10.7 Å². The fourth-order valence-corrected chi connectivity index (χ4v) is 2.31. The van der Waals surface area contributed by atoms with Gasteiger partial charge in [0.1, 0.15) is 5.82 Å². The third-order valence-corrected chi connectivity index (χ3v) is 3.74. The fraction of sp³-hybridized carbons (Fsp3) is 0.188. The maximum atomic E-state index is 13.8. The summed E-state index contributed by atoms with van der Waals surface area (Å²) in [5, 5.41) is 9.48. The number of aromatic carboxylic acids is 1. The zero-order valence-corrected chi connectivity index (χ0v) is 12.4. The summed E-state index contributed by atoms with van der Waals surface area (Å²) in [6, 6.07) is 11.5. The van der Waals surface area contributed by atoms with Crippen LogP contribution in [0.1, 0.15) is 28.9 Å². The van der Waals surface area contributed by atoms with Crippen molar-refractivity contribution >= 4 is 23.3 Å². The normalized spacial score (nSPS) is 12.0. The van der Waals surface area contributed by atoms with Gasteiger partial charge in [0.05, 0.1) is 11.6 Å². The fourth-order valence-electron chi connectivity index (χ4n) is 2.11. The highest BCUT2D eigenvalue weighted by molar-refractivity contribution is 6.30. The van der Waals surface area contributed by atoms with E-state index in [1.165, 1.54) is 12.1 Å². The summed E-state index contributed by atoms with van der Waals surface area (Å²) in [7, 11) is 1.82. The minimum absolute atomic E-state index is 0.0289. The summed E-state index contributed by atoms with van der Waals surface area (Å²) in [6.07, 6.45) is 0. The van der Waals surface area contributed by atoms with Crippen molar-refractivity contribution < 1.29 is 14.3 Å². The number of nitrogens with zero attached hydrogens (tertiary/aromatic N) is 1. The van der Waals surface area contributed by atoms with Gasteiger partial charge in [-0.2, -0.15) is 0 Å². The SMILES string of the molecule is CC(c1cccc(Cl)c1)N(C)c1ccc(C(=O)O)c(F)c1. The molecule has 0 aliphatic carbocycles. The molecule has 0 amide bonds. The van der Waals surface area contributed by atoms with Crippen molar-refractivity contribution in [1.82, 2.24) is 0 Å². The molecule has 1 unspecified atom stereocenters. The smallest absolute Gasteiger partial charge is 0.338 e. The zero-order valence-electron chi connectivity index (χ0n) is 11.7. The Kier molecular flexibility index (Phi) is 4.48. The van der Waals surface area contributed by atoms with Gasteiger partial charge in [-0.3, -0.25) is 0 Å². The number of benzene rings is 2. The lowest BCUT2D eigenvalue weighted by Gasteiger charge is -2.27. The van der Waals surface area contributed by atoms with E-state index in [-0.39, 0.29) is 11.6 Å². The number of carboxylic acid groups (broad SMARTS) is 1. The molecule has 0 aliphatic rings. The molecule has 0 saturated heterocycles. The highest BCUT2D eigenvalue weighted by Gasteiger charge is 2.16. The first kappa shape index (κ1) is 15.3. The molecule has 21 heavy (non-hydrogen) atoms.